The van der Waals surface area contributed by atoms with Crippen LogP contribution in [0.1, 0.15) is 29.1 Å². The molecule has 5 rings (SSSR count). The summed E-state index contributed by atoms with van der Waals surface area (Å²) in [4.78, 5) is 41.3. The van der Waals surface area contributed by atoms with Gasteiger partial charge in [-0.15, -0.1) is 10.2 Å². The Morgan fingerprint density at radius 3 is 2.51 bits per heavy atom. The molecule has 0 radical (unpaired) electrons. The first-order chi connectivity index (χ1) is 20.8. The highest BCUT2D eigenvalue weighted by Crippen LogP contribution is 2.32. The Hall–Kier alpha value is -4.28. The number of fused-ring (bicyclic) bond motifs is 1. The van der Waals surface area contributed by atoms with Gasteiger partial charge in [0.1, 0.15) is 18.2 Å². The lowest BCUT2D eigenvalue weighted by molar-refractivity contribution is -0.490. The van der Waals surface area contributed by atoms with E-state index < -0.39 is 6.09 Å². The van der Waals surface area contributed by atoms with Gasteiger partial charge in [0, 0.05) is 34.7 Å². The number of carbonyl (C=O) groups is 2. The first-order valence-corrected chi connectivity index (χ1v) is 14.6. The Morgan fingerprint density at radius 1 is 1.00 bits per heavy atom. The molecule has 1 amide bonds. The minimum Gasteiger partial charge on any atom is -0.446 e. The fourth-order valence-corrected chi connectivity index (χ4v) is 5.31. The number of thioether (sulfide) groups is 1. The summed E-state index contributed by atoms with van der Waals surface area (Å²) in [5.41, 5.74) is 5.33. The molecule has 14 nitrogen and oxygen atoms in total. The number of anilines is 1. The SMILES string of the molecule is Cc1nc(C)c2c(n1)N(Cc1ccc(-c3ccccc3-c3nnn(C(=O)OCCSCCON(O)O)n3)cc1)C(=O)CC2. The maximum atomic E-state index is 12.8. The number of tetrazole rings is 1. The third-order valence-corrected chi connectivity index (χ3v) is 7.60. The Balaban J connectivity index is 1.25. The van der Waals surface area contributed by atoms with Gasteiger partial charge in [0.25, 0.3) is 0 Å². The van der Waals surface area contributed by atoms with E-state index in [0.29, 0.717) is 48.1 Å². The average molecular weight is 607 g/mol. The topological polar surface area (TPSA) is 169 Å². The minimum absolute atomic E-state index is 0.0395. The van der Waals surface area contributed by atoms with Crippen molar-refractivity contribution in [1.82, 2.24) is 35.6 Å². The van der Waals surface area contributed by atoms with Gasteiger partial charge in [-0.1, -0.05) is 53.3 Å². The van der Waals surface area contributed by atoms with E-state index >= 15 is 0 Å². The standard InChI is InChI=1S/C28H30N8O6S/c1-18-22-11-12-25(37)34(27(22)30-19(2)29-18)17-20-7-9-21(10-8-20)23-5-3-4-6-24(23)26-31-33-35(32-26)28(38)41-13-15-43-16-14-42-36(39)40/h3-10,39-40H,11-17H2,1-2H3. The molecule has 0 saturated heterocycles. The largest absolute Gasteiger partial charge is 0.453 e. The third-order valence-electron chi connectivity index (χ3n) is 6.69. The van der Waals surface area contributed by atoms with Crippen molar-refractivity contribution in [3.05, 3.63) is 71.2 Å². The van der Waals surface area contributed by atoms with Crippen LogP contribution in [-0.4, -0.2) is 82.7 Å². The number of aromatic nitrogens is 6. The van der Waals surface area contributed by atoms with Gasteiger partial charge in [-0.3, -0.25) is 20.1 Å². The van der Waals surface area contributed by atoms with Crippen LogP contribution in [0.4, 0.5) is 10.6 Å². The molecular weight excluding hydrogens is 576 g/mol. The Bertz CT molecular complexity index is 1600. The lowest BCUT2D eigenvalue weighted by Gasteiger charge is -2.29. The molecule has 15 heteroatoms. The quantitative estimate of drug-likeness (QED) is 0.188. The number of hydrogen-bond acceptors (Lipinski definition) is 13. The summed E-state index contributed by atoms with van der Waals surface area (Å²) in [6.45, 7) is 4.38. The molecule has 0 fully saturated rings. The van der Waals surface area contributed by atoms with Crippen molar-refractivity contribution in [2.75, 3.05) is 29.6 Å². The average Bonchev–Trinajstić information content (AvgIpc) is 3.49. The Labute approximate surface area is 251 Å². The van der Waals surface area contributed by atoms with Gasteiger partial charge >= 0.3 is 6.09 Å². The summed E-state index contributed by atoms with van der Waals surface area (Å²) in [6.07, 6.45) is 0.311. The number of hydrogen-bond donors (Lipinski definition) is 2. The van der Waals surface area contributed by atoms with E-state index in [1.807, 2.05) is 62.4 Å². The molecule has 0 spiro atoms. The number of ether oxygens (including phenoxy) is 1. The van der Waals surface area contributed by atoms with Crippen molar-refractivity contribution in [2.24, 2.45) is 0 Å². The maximum absolute atomic E-state index is 12.8. The molecule has 3 heterocycles. The summed E-state index contributed by atoms with van der Waals surface area (Å²) in [6, 6.07) is 15.4. The van der Waals surface area contributed by atoms with Gasteiger partial charge in [-0.2, -0.15) is 11.8 Å². The van der Waals surface area contributed by atoms with Crippen molar-refractivity contribution < 1.29 is 29.6 Å². The molecule has 0 saturated carbocycles. The van der Waals surface area contributed by atoms with Gasteiger partial charge in [0.15, 0.2) is 0 Å². The molecule has 43 heavy (non-hydrogen) atoms. The van der Waals surface area contributed by atoms with Crippen LogP contribution in [0.5, 0.6) is 0 Å². The summed E-state index contributed by atoms with van der Waals surface area (Å²) in [7, 11) is 0. The maximum Gasteiger partial charge on any atom is 0.453 e. The van der Waals surface area contributed by atoms with Crippen molar-refractivity contribution in [3.63, 3.8) is 0 Å². The summed E-state index contributed by atoms with van der Waals surface area (Å²) in [5, 5.41) is 28.8. The molecule has 1 aliphatic rings. The normalized spacial score (nSPS) is 13.0. The number of benzene rings is 2. The molecule has 0 unspecified atom stereocenters. The van der Waals surface area contributed by atoms with Crippen LogP contribution in [0.25, 0.3) is 22.5 Å². The molecular formula is C28H30N8O6S. The van der Waals surface area contributed by atoms with Crippen LogP contribution < -0.4 is 4.90 Å². The highest BCUT2D eigenvalue weighted by atomic mass is 32.2. The second kappa shape index (κ2) is 13.8. The van der Waals surface area contributed by atoms with Gasteiger partial charge in [0.2, 0.25) is 11.7 Å². The highest BCUT2D eigenvalue weighted by Gasteiger charge is 2.28. The predicted molar refractivity (Wildman–Crippen MR) is 155 cm³/mol. The van der Waals surface area contributed by atoms with Gasteiger partial charge < -0.3 is 4.74 Å². The molecule has 0 atom stereocenters. The molecule has 2 aromatic heterocycles. The van der Waals surface area contributed by atoms with Gasteiger partial charge in [-0.05, 0) is 42.2 Å². The highest BCUT2D eigenvalue weighted by molar-refractivity contribution is 7.99. The molecule has 2 N–H and O–H groups in total. The zero-order valence-corrected chi connectivity index (χ0v) is 24.4. The summed E-state index contributed by atoms with van der Waals surface area (Å²) < 4.78 is 5.19. The molecule has 2 aromatic carbocycles. The second-order valence-corrected chi connectivity index (χ2v) is 10.8. The molecule has 224 valence electrons. The fraction of sp³-hybridized carbons (Fsp3) is 0.321. The lowest BCUT2D eigenvalue weighted by Crippen LogP contribution is -2.36. The van der Waals surface area contributed by atoms with E-state index in [0.717, 1.165) is 32.7 Å². The lowest BCUT2D eigenvalue weighted by atomic mass is 9.98. The van der Waals surface area contributed by atoms with Crippen molar-refractivity contribution in [1.29, 1.82) is 0 Å². The van der Waals surface area contributed by atoms with E-state index in [9.17, 15) is 9.59 Å². The van der Waals surface area contributed by atoms with Gasteiger partial charge in [-0.25, -0.2) is 19.6 Å². The number of carbonyl (C=O) groups excluding carboxylic acids is 2. The Kier molecular flexibility index (Phi) is 9.68. The van der Waals surface area contributed by atoms with Crippen molar-refractivity contribution in [2.45, 2.75) is 33.2 Å². The predicted octanol–water partition coefficient (Wildman–Crippen LogP) is 3.62. The van der Waals surface area contributed by atoms with E-state index in [1.54, 1.807) is 4.90 Å². The minimum atomic E-state index is -0.765. The molecule has 1 aliphatic heterocycles. The van der Waals surface area contributed by atoms with Crippen LogP contribution in [-0.2, 0) is 27.3 Å². The Morgan fingerprint density at radius 2 is 1.74 bits per heavy atom. The van der Waals surface area contributed by atoms with E-state index in [1.165, 1.54) is 11.8 Å². The number of amides is 1. The number of nitrogens with zero attached hydrogens (tertiary/aromatic N) is 8. The van der Waals surface area contributed by atoms with E-state index in [-0.39, 0.29) is 30.3 Å². The van der Waals surface area contributed by atoms with Crippen molar-refractivity contribution in [3.8, 4) is 22.5 Å². The first-order valence-electron chi connectivity index (χ1n) is 13.5. The van der Waals surface area contributed by atoms with E-state index in [2.05, 4.69) is 30.2 Å². The first kappa shape index (κ1) is 30.2. The summed E-state index contributed by atoms with van der Waals surface area (Å²) >= 11 is 1.40. The van der Waals surface area contributed by atoms with Crippen LogP contribution in [0, 0.1) is 13.8 Å². The third kappa shape index (κ3) is 7.39. The smallest absolute Gasteiger partial charge is 0.446 e. The van der Waals surface area contributed by atoms with Crippen LogP contribution in [0.2, 0.25) is 0 Å². The van der Waals surface area contributed by atoms with Crippen LogP contribution >= 0.6 is 11.8 Å². The van der Waals surface area contributed by atoms with Gasteiger partial charge in [0.05, 0.1) is 18.5 Å². The number of rotatable bonds is 11. The fourth-order valence-electron chi connectivity index (χ4n) is 4.71. The van der Waals surface area contributed by atoms with Crippen LogP contribution in [0.3, 0.4) is 0 Å². The molecule has 4 aromatic rings. The van der Waals surface area contributed by atoms with Crippen molar-refractivity contribution >= 4 is 29.6 Å². The van der Waals surface area contributed by atoms with E-state index in [4.69, 9.17) is 15.2 Å². The summed E-state index contributed by atoms with van der Waals surface area (Å²) in [5.74, 6) is 2.57. The molecule has 0 bridgehead atoms. The molecule has 0 aliphatic carbocycles. The zero-order chi connectivity index (χ0) is 30.3. The zero-order valence-electron chi connectivity index (χ0n) is 23.6. The van der Waals surface area contributed by atoms with Crippen LogP contribution in [0.15, 0.2) is 48.5 Å². The number of aryl methyl sites for hydroxylation is 2. The monoisotopic (exact) mass is 606 g/mol. The second-order valence-electron chi connectivity index (χ2n) is 9.60.